The number of oxazole rings is 1. The molecule has 2 aromatic heterocycles. The number of sulfonamides is 1. The van der Waals surface area contributed by atoms with E-state index in [0.717, 1.165) is 37.9 Å². The van der Waals surface area contributed by atoms with Crippen LogP contribution >= 0.6 is 0 Å². The number of anilines is 1. The van der Waals surface area contributed by atoms with Crippen molar-refractivity contribution in [1.82, 2.24) is 24.6 Å². The number of aliphatic hydroxyl groups is 1. The van der Waals surface area contributed by atoms with Gasteiger partial charge in [-0.2, -0.15) is 4.31 Å². The lowest BCUT2D eigenvalue weighted by molar-refractivity contribution is 0.209. The van der Waals surface area contributed by atoms with Crippen LogP contribution in [0.2, 0.25) is 0 Å². The van der Waals surface area contributed by atoms with Crippen LogP contribution in [0, 0.1) is 5.82 Å². The number of nitrogens with zero attached hydrogens (tertiary/aromatic N) is 5. The van der Waals surface area contributed by atoms with E-state index in [-0.39, 0.29) is 35.3 Å². The highest BCUT2D eigenvalue weighted by Gasteiger charge is 2.33. The van der Waals surface area contributed by atoms with Crippen LogP contribution in [0.15, 0.2) is 70.4 Å². The zero-order chi connectivity index (χ0) is 26.3. The monoisotopic (exact) mass is 536 g/mol. The first kappa shape index (κ1) is 24.6. The summed E-state index contributed by atoms with van der Waals surface area (Å²) in [7, 11) is -4.02. The number of fused-ring (bicyclic) bond motifs is 1. The first-order chi connectivity index (χ1) is 18.4. The highest BCUT2D eigenvalue weighted by molar-refractivity contribution is 7.89. The SMILES string of the molecule is O=S(=O)(c1ccc(-c2ncco2)c(F)c1)N1Cc2cnc(C(O)c3cccc(N4CCNCC4)c3)nc2C1. The van der Waals surface area contributed by atoms with Gasteiger partial charge < -0.3 is 19.7 Å². The first-order valence-electron chi connectivity index (χ1n) is 12.2. The van der Waals surface area contributed by atoms with Crippen LogP contribution in [0.1, 0.15) is 28.7 Å². The standard InChI is InChI=1S/C26H25FN6O4S/c27-22-13-20(4-5-21(22)26-29-8-11-37-26)38(35,36)33-15-18-14-30-25(31-23(18)16-33)24(34)17-2-1-3-19(12-17)32-9-6-28-7-10-32/h1-5,8,11-14,24,28,34H,6-7,9-10,15-16H2. The van der Waals surface area contributed by atoms with Crippen LogP contribution in [0.4, 0.5) is 10.1 Å². The van der Waals surface area contributed by atoms with Crippen LogP contribution in [0.3, 0.4) is 0 Å². The Morgan fingerprint density at radius 1 is 1.08 bits per heavy atom. The summed E-state index contributed by atoms with van der Waals surface area (Å²) in [4.78, 5) is 14.8. The van der Waals surface area contributed by atoms with Crippen molar-refractivity contribution in [3.05, 3.63) is 89.6 Å². The van der Waals surface area contributed by atoms with Gasteiger partial charge in [0.15, 0.2) is 5.82 Å². The molecular formula is C26H25FN6O4S. The zero-order valence-electron chi connectivity index (χ0n) is 20.3. The van der Waals surface area contributed by atoms with Gasteiger partial charge in [-0.05, 0) is 35.9 Å². The molecule has 2 N–H and O–H groups in total. The Kier molecular flexibility index (Phi) is 6.40. The molecule has 38 heavy (non-hydrogen) atoms. The first-order valence-corrected chi connectivity index (χ1v) is 13.6. The van der Waals surface area contributed by atoms with Crippen molar-refractivity contribution >= 4 is 15.7 Å². The van der Waals surface area contributed by atoms with E-state index in [2.05, 4.69) is 25.2 Å². The Morgan fingerprint density at radius 3 is 2.68 bits per heavy atom. The molecule has 0 amide bonds. The van der Waals surface area contributed by atoms with E-state index in [0.29, 0.717) is 16.8 Å². The van der Waals surface area contributed by atoms with Gasteiger partial charge in [-0.25, -0.2) is 27.8 Å². The molecule has 0 aliphatic carbocycles. The summed E-state index contributed by atoms with van der Waals surface area (Å²) in [6, 6.07) is 11.3. The van der Waals surface area contributed by atoms with Crippen molar-refractivity contribution < 1.29 is 22.3 Å². The Hall–Kier alpha value is -3.71. The van der Waals surface area contributed by atoms with Crippen LogP contribution < -0.4 is 10.2 Å². The molecule has 2 aromatic carbocycles. The molecule has 12 heteroatoms. The minimum absolute atomic E-state index is 0.0101. The molecule has 0 saturated carbocycles. The van der Waals surface area contributed by atoms with Crippen molar-refractivity contribution in [2.75, 3.05) is 31.1 Å². The third-order valence-corrected chi connectivity index (χ3v) is 8.59. The molecule has 1 saturated heterocycles. The summed E-state index contributed by atoms with van der Waals surface area (Å²) < 4.78 is 47.6. The molecule has 0 radical (unpaired) electrons. The minimum Gasteiger partial charge on any atom is -0.444 e. The van der Waals surface area contributed by atoms with Crippen LogP contribution in [-0.4, -0.2) is 59.0 Å². The van der Waals surface area contributed by atoms with Crippen LogP contribution in [0.5, 0.6) is 0 Å². The average Bonchev–Trinajstić information content (AvgIpc) is 3.63. The number of aromatic nitrogens is 3. The second-order valence-corrected chi connectivity index (χ2v) is 11.1. The fraction of sp³-hybridized carbons (Fsp3) is 0.269. The normalized spacial score (nSPS) is 16.9. The van der Waals surface area contributed by atoms with Crippen molar-refractivity contribution in [2.24, 2.45) is 0 Å². The van der Waals surface area contributed by atoms with E-state index in [9.17, 15) is 17.9 Å². The van der Waals surface area contributed by atoms with E-state index in [1.165, 1.54) is 28.9 Å². The zero-order valence-corrected chi connectivity index (χ0v) is 21.1. The summed E-state index contributed by atoms with van der Waals surface area (Å²) in [6.45, 7) is 3.60. The van der Waals surface area contributed by atoms with Gasteiger partial charge >= 0.3 is 0 Å². The van der Waals surface area contributed by atoms with Gasteiger partial charge in [-0.1, -0.05) is 12.1 Å². The van der Waals surface area contributed by atoms with Crippen LogP contribution in [0.25, 0.3) is 11.5 Å². The summed E-state index contributed by atoms with van der Waals surface area (Å²) in [5.41, 5.74) is 2.89. The maximum Gasteiger partial charge on any atom is 0.243 e. The summed E-state index contributed by atoms with van der Waals surface area (Å²) in [6.07, 6.45) is 3.18. The number of rotatable bonds is 6. The summed E-state index contributed by atoms with van der Waals surface area (Å²) >= 11 is 0. The third kappa shape index (κ3) is 4.56. The topological polar surface area (TPSA) is 125 Å². The largest absolute Gasteiger partial charge is 0.444 e. The van der Waals surface area contributed by atoms with Gasteiger partial charge in [-0.3, -0.25) is 0 Å². The van der Waals surface area contributed by atoms with Gasteiger partial charge in [0.1, 0.15) is 18.2 Å². The van der Waals surface area contributed by atoms with E-state index in [1.807, 2.05) is 24.3 Å². The predicted octanol–water partition coefficient (Wildman–Crippen LogP) is 2.47. The molecule has 4 heterocycles. The second-order valence-electron chi connectivity index (χ2n) is 9.19. The number of halogens is 1. The van der Waals surface area contributed by atoms with Gasteiger partial charge in [-0.15, -0.1) is 0 Å². The molecule has 2 aliphatic heterocycles. The van der Waals surface area contributed by atoms with Crippen LogP contribution in [-0.2, 0) is 23.1 Å². The lowest BCUT2D eigenvalue weighted by Gasteiger charge is -2.30. The number of hydrogen-bond donors (Lipinski definition) is 2. The average molecular weight is 537 g/mol. The number of benzene rings is 2. The highest BCUT2D eigenvalue weighted by Crippen LogP contribution is 2.31. The van der Waals surface area contributed by atoms with E-state index in [4.69, 9.17) is 4.42 Å². The van der Waals surface area contributed by atoms with Gasteiger partial charge in [0, 0.05) is 50.2 Å². The second kappa shape index (κ2) is 9.87. The number of piperazine rings is 1. The number of aliphatic hydroxyl groups excluding tert-OH is 1. The predicted molar refractivity (Wildman–Crippen MR) is 136 cm³/mol. The smallest absolute Gasteiger partial charge is 0.243 e. The molecular weight excluding hydrogens is 511 g/mol. The van der Waals surface area contributed by atoms with Crippen molar-refractivity contribution in [2.45, 2.75) is 24.1 Å². The molecule has 1 fully saturated rings. The molecule has 6 rings (SSSR count). The van der Waals surface area contributed by atoms with Gasteiger partial charge in [0.25, 0.3) is 0 Å². The quantitative estimate of drug-likeness (QED) is 0.382. The summed E-state index contributed by atoms with van der Waals surface area (Å²) in [5.74, 6) is -0.486. The molecule has 0 bridgehead atoms. The van der Waals surface area contributed by atoms with E-state index in [1.54, 1.807) is 6.20 Å². The molecule has 10 nitrogen and oxygen atoms in total. The molecule has 0 spiro atoms. The van der Waals surface area contributed by atoms with Crippen molar-refractivity contribution in [3.8, 4) is 11.5 Å². The number of hydrogen-bond acceptors (Lipinski definition) is 9. The minimum atomic E-state index is -4.02. The van der Waals surface area contributed by atoms with E-state index >= 15 is 0 Å². The fourth-order valence-corrected chi connectivity index (χ4v) is 6.13. The summed E-state index contributed by atoms with van der Waals surface area (Å²) in [5, 5.41) is 14.4. The Morgan fingerprint density at radius 2 is 1.92 bits per heavy atom. The lowest BCUT2D eigenvalue weighted by atomic mass is 10.1. The maximum atomic E-state index is 14.7. The fourth-order valence-electron chi connectivity index (χ4n) is 4.74. The molecule has 1 unspecified atom stereocenters. The molecule has 196 valence electrons. The maximum absolute atomic E-state index is 14.7. The number of nitrogens with one attached hydrogen (secondary N) is 1. The van der Waals surface area contributed by atoms with Crippen molar-refractivity contribution in [3.63, 3.8) is 0 Å². The van der Waals surface area contributed by atoms with Gasteiger partial charge in [0.2, 0.25) is 15.9 Å². The lowest BCUT2D eigenvalue weighted by Crippen LogP contribution is -2.43. The highest BCUT2D eigenvalue weighted by atomic mass is 32.2. The van der Waals surface area contributed by atoms with Crippen molar-refractivity contribution in [1.29, 1.82) is 0 Å². The Bertz CT molecular complexity index is 1570. The molecule has 1 atom stereocenters. The van der Waals surface area contributed by atoms with Gasteiger partial charge in [0.05, 0.1) is 28.9 Å². The molecule has 4 aromatic rings. The third-order valence-electron chi connectivity index (χ3n) is 6.80. The molecule has 2 aliphatic rings. The Labute approximate surface area is 218 Å². The Balaban J connectivity index is 1.21. The van der Waals surface area contributed by atoms with E-state index < -0.39 is 21.9 Å².